The largest absolute Gasteiger partial charge is 0.215 e. The Morgan fingerprint density at radius 3 is 2.10 bits per heavy atom. The van der Waals surface area contributed by atoms with Gasteiger partial charge >= 0.3 is 0 Å². The summed E-state index contributed by atoms with van der Waals surface area (Å²) in [6.45, 7) is 2.02. The van der Waals surface area contributed by atoms with Gasteiger partial charge in [-0.3, -0.25) is 0 Å². The molecule has 0 aliphatic heterocycles. The van der Waals surface area contributed by atoms with Crippen molar-refractivity contribution in [3.8, 4) is 21.8 Å². The maximum atomic E-state index is 6.30. The fourth-order valence-corrected chi connectivity index (χ4v) is 3.52. The normalized spacial score (nSPS) is 10.9. The minimum atomic E-state index is 0.332. The number of aryl methyl sites for hydroxylation is 1. The van der Waals surface area contributed by atoms with Crippen molar-refractivity contribution in [2.45, 2.75) is 6.92 Å². The van der Waals surface area contributed by atoms with Crippen LogP contribution >= 0.6 is 46.1 Å². The summed E-state index contributed by atoms with van der Waals surface area (Å²) in [6.07, 6.45) is 0. The highest BCUT2D eigenvalue weighted by atomic mass is 35.5. The molecule has 2 nitrogen and oxygen atoms in total. The van der Waals surface area contributed by atoms with Crippen LogP contribution in [-0.4, -0.2) is 9.97 Å². The lowest BCUT2D eigenvalue weighted by Crippen LogP contribution is -1.93. The van der Waals surface area contributed by atoms with Crippen molar-refractivity contribution in [1.29, 1.82) is 0 Å². The lowest BCUT2D eigenvalue weighted by atomic mass is 10.1. The van der Waals surface area contributed by atoms with E-state index in [0.29, 0.717) is 26.7 Å². The number of hydrogen-bond acceptors (Lipinski definition) is 3. The number of rotatable bonds is 2. The molecule has 0 atom stereocenters. The van der Waals surface area contributed by atoms with E-state index >= 15 is 0 Å². The Labute approximate surface area is 141 Å². The SMILES string of the molecule is Cc1ccc(-c2c(Cl)nc(-c3cc(Cl)cs3)nc2Cl)cc1. The average molecular weight is 356 g/mol. The molecule has 0 unspecified atom stereocenters. The highest BCUT2D eigenvalue weighted by molar-refractivity contribution is 7.14. The van der Waals surface area contributed by atoms with Crippen LogP contribution in [0.5, 0.6) is 0 Å². The summed E-state index contributed by atoms with van der Waals surface area (Å²) >= 11 is 20.0. The maximum absolute atomic E-state index is 6.30. The van der Waals surface area contributed by atoms with Gasteiger partial charge in [0, 0.05) is 5.38 Å². The highest BCUT2D eigenvalue weighted by Gasteiger charge is 2.15. The van der Waals surface area contributed by atoms with E-state index in [1.165, 1.54) is 11.3 Å². The Kier molecular flexibility index (Phi) is 4.18. The second-order valence-corrected chi connectivity index (χ2v) is 6.56. The molecule has 2 heterocycles. The summed E-state index contributed by atoms with van der Waals surface area (Å²) in [6, 6.07) is 9.69. The van der Waals surface area contributed by atoms with Crippen LogP contribution in [0.3, 0.4) is 0 Å². The number of halogens is 3. The second-order valence-electron chi connectivity index (χ2n) is 4.50. The monoisotopic (exact) mass is 354 g/mol. The lowest BCUT2D eigenvalue weighted by Gasteiger charge is -2.08. The molecule has 0 bridgehead atoms. The Morgan fingerprint density at radius 2 is 1.57 bits per heavy atom. The minimum absolute atomic E-state index is 0.332. The quantitative estimate of drug-likeness (QED) is 0.516. The van der Waals surface area contributed by atoms with Gasteiger partial charge in [0.15, 0.2) is 5.82 Å². The molecule has 0 spiro atoms. The number of nitrogens with zero attached hydrogens (tertiary/aromatic N) is 2. The van der Waals surface area contributed by atoms with Gasteiger partial charge in [-0.05, 0) is 18.6 Å². The van der Waals surface area contributed by atoms with Gasteiger partial charge in [0.2, 0.25) is 0 Å². The van der Waals surface area contributed by atoms with Crippen LogP contribution in [0.25, 0.3) is 21.8 Å². The molecular weight excluding hydrogens is 347 g/mol. The predicted octanol–water partition coefficient (Wildman–Crippen LogP) is 6.14. The second kappa shape index (κ2) is 5.93. The molecule has 1 aromatic carbocycles. The molecule has 106 valence electrons. The molecule has 0 aliphatic carbocycles. The van der Waals surface area contributed by atoms with E-state index in [1.807, 2.05) is 36.6 Å². The highest BCUT2D eigenvalue weighted by Crippen LogP contribution is 2.36. The van der Waals surface area contributed by atoms with Gasteiger partial charge in [-0.1, -0.05) is 64.6 Å². The van der Waals surface area contributed by atoms with E-state index in [-0.39, 0.29) is 0 Å². The van der Waals surface area contributed by atoms with Crippen molar-refractivity contribution >= 4 is 46.1 Å². The predicted molar refractivity (Wildman–Crippen MR) is 90.5 cm³/mol. The van der Waals surface area contributed by atoms with Gasteiger partial charge in [-0.2, -0.15) is 0 Å². The van der Waals surface area contributed by atoms with Crippen molar-refractivity contribution in [3.05, 3.63) is 56.6 Å². The lowest BCUT2D eigenvalue weighted by molar-refractivity contribution is 1.19. The van der Waals surface area contributed by atoms with Crippen LogP contribution in [-0.2, 0) is 0 Å². The third-order valence-corrected chi connectivity index (χ3v) is 4.77. The van der Waals surface area contributed by atoms with Crippen molar-refractivity contribution in [2.24, 2.45) is 0 Å². The van der Waals surface area contributed by atoms with Gasteiger partial charge in [0.25, 0.3) is 0 Å². The molecule has 2 aromatic heterocycles. The van der Waals surface area contributed by atoms with Crippen LogP contribution in [0.4, 0.5) is 0 Å². The first-order chi connectivity index (χ1) is 10.0. The molecule has 6 heteroatoms. The summed E-state index contributed by atoms with van der Waals surface area (Å²) in [7, 11) is 0. The van der Waals surface area contributed by atoms with Gasteiger partial charge in [0.1, 0.15) is 10.3 Å². The van der Waals surface area contributed by atoms with Crippen LogP contribution in [0.2, 0.25) is 15.3 Å². The summed E-state index contributed by atoms with van der Waals surface area (Å²) in [5.74, 6) is 0.484. The molecule has 0 amide bonds. The van der Waals surface area contributed by atoms with Gasteiger partial charge in [0.05, 0.1) is 15.5 Å². The molecule has 3 rings (SSSR count). The van der Waals surface area contributed by atoms with Crippen LogP contribution in [0, 0.1) is 6.92 Å². The van der Waals surface area contributed by atoms with Crippen molar-refractivity contribution in [1.82, 2.24) is 9.97 Å². The van der Waals surface area contributed by atoms with Crippen LogP contribution in [0.1, 0.15) is 5.56 Å². The third-order valence-electron chi connectivity index (χ3n) is 2.95. The molecule has 3 aromatic rings. The standard InChI is InChI=1S/C15H9Cl3N2S/c1-8-2-4-9(5-3-8)12-13(17)19-15(20-14(12)18)11-6-10(16)7-21-11/h2-7H,1H3. The zero-order valence-electron chi connectivity index (χ0n) is 10.9. The average Bonchev–Trinajstić information content (AvgIpc) is 2.87. The molecule has 0 fully saturated rings. The van der Waals surface area contributed by atoms with E-state index in [9.17, 15) is 0 Å². The molecule has 0 radical (unpaired) electrons. The smallest absolute Gasteiger partial charge is 0.172 e. The Bertz CT molecular complexity index is 774. The Hall–Kier alpha value is -1.13. The van der Waals surface area contributed by atoms with Gasteiger partial charge in [-0.15, -0.1) is 11.3 Å². The molecule has 0 N–H and O–H groups in total. The van der Waals surface area contributed by atoms with Crippen molar-refractivity contribution in [2.75, 3.05) is 0 Å². The van der Waals surface area contributed by atoms with E-state index in [2.05, 4.69) is 9.97 Å². The maximum Gasteiger partial charge on any atom is 0.172 e. The number of benzene rings is 1. The molecule has 0 aliphatic rings. The van der Waals surface area contributed by atoms with Crippen molar-refractivity contribution < 1.29 is 0 Å². The molecule has 0 saturated carbocycles. The summed E-state index contributed by atoms with van der Waals surface area (Å²) < 4.78 is 0. The zero-order valence-corrected chi connectivity index (χ0v) is 14.0. The molecule has 21 heavy (non-hydrogen) atoms. The number of thiophene rings is 1. The first kappa shape index (κ1) is 14.8. The molecule has 0 saturated heterocycles. The summed E-state index contributed by atoms with van der Waals surface area (Å²) in [5.41, 5.74) is 2.70. The fourth-order valence-electron chi connectivity index (χ4n) is 1.91. The third kappa shape index (κ3) is 3.06. The first-order valence-electron chi connectivity index (χ1n) is 6.09. The number of hydrogen-bond donors (Lipinski definition) is 0. The van der Waals surface area contributed by atoms with E-state index < -0.39 is 0 Å². The van der Waals surface area contributed by atoms with Gasteiger partial charge in [-0.25, -0.2) is 9.97 Å². The number of aromatic nitrogens is 2. The van der Waals surface area contributed by atoms with E-state index in [4.69, 9.17) is 34.8 Å². The Morgan fingerprint density at radius 1 is 0.952 bits per heavy atom. The Balaban J connectivity index is 2.10. The minimum Gasteiger partial charge on any atom is -0.215 e. The summed E-state index contributed by atoms with van der Waals surface area (Å²) in [4.78, 5) is 9.51. The molecular formula is C15H9Cl3N2S. The van der Waals surface area contributed by atoms with Gasteiger partial charge < -0.3 is 0 Å². The van der Waals surface area contributed by atoms with Crippen LogP contribution < -0.4 is 0 Å². The van der Waals surface area contributed by atoms with Crippen LogP contribution in [0.15, 0.2) is 35.7 Å². The van der Waals surface area contributed by atoms with E-state index in [0.717, 1.165) is 16.0 Å². The summed E-state index contributed by atoms with van der Waals surface area (Å²) in [5, 5.41) is 3.13. The fraction of sp³-hybridized carbons (Fsp3) is 0.0667. The first-order valence-corrected chi connectivity index (χ1v) is 8.10. The van der Waals surface area contributed by atoms with Crippen molar-refractivity contribution in [3.63, 3.8) is 0 Å². The van der Waals surface area contributed by atoms with E-state index in [1.54, 1.807) is 6.07 Å². The zero-order chi connectivity index (χ0) is 15.0. The topological polar surface area (TPSA) is 25.8 Å².